The molecule has 0 bridgehead atoms. The molecule has 0 spiro atoms. The Morgan fingerprint density at radius 3 is 2.07 bits per heavy atom. The lowest BCUT2D eigenvalue weighted by atomic mass is 10.1. The van der Waals surface area contributed by atoms with E-state index in [1.54, 1.807) is 34.5 Å². The summed E-state index contributed by atoms with van der Waals surface area (Å²) in [6.07, 6.45) is 0.589. The highest BCUT2D eigenvalue weighted by atomic mass is 16.5. The first-order valence-corrected chi connectivity index (χ1v) is 8.55. The molecule has 2 N–H and O–H groups in total. The molecule has 0 aliphatic carbocycles. The number of hydrogen-bond donors (Lipinski definition) is 2. The summed E-state index contributed by atoms with van der Waals surface area (Å²) >= 11 is 0. The summed E-state index contributed by atoms with van der Waals surface area (Å²) in [6, 6.07) is 10.9. The van der Waals surface area contributed by atoms with E-state index >= 15 is 0 Å². The lowest BCUT2D eigenvalue weighted by molar-refractivity contribution is 0.240. The van der Waals surface area contributed by atoms with E-state index in [9.17, 15) is 4.79 Å². The lowest BCUT2D eigenvalue weighted by Gasteiger charge is -2.14. The molecule has 2 rings (SSSR count). The Morgan fingerprint density at radius 2 is 1.41 bits per heavy atom. The lowest BCUT2D eigenvalue weighted by Crippen LogP contribution is -2.36. The minimum absolute atomic E-state index is 0.250. The Kier molecular flexibility index (Phi) is 7.61. The normalized spacial score (nSPS) is 10.1. The van der Waals surface area contributed by atoms with Crippen LogP contribution in [-0.4, -0.2) is 41.0 Å². The highest BCUT2D eigenvalue weighted by molar-refractivity contribution is 5.73. The molecule has 0 aliphatic heterocycles. The van der Waals surface area contributed by atoms with Crippen LogP contribution < -0.4 is 29.6 Å². The second-order valence-electron chi connectivity index (χ2n) is 5.69. The van der Waals surface area contributed by atoms with Crippen LogP contribution in [0.1, 0.15) is 11.1 Å². The van der Waals surface area contributed by atoms with E-state index < -0.39 is 0 Å². The van der Waals surface area contributed by atoms with Crippen LogP contribution in [0.5, 0.6) is 23.0 Å². The number of hydrogen-bond acceptors (Lipinski definition) is 5. The minimum Gasteiger partial charge on any atom is -0.496 e. The average Bonchev–Trinajstić information content (AvgIpc) is 2.71. The molecule has 0 saturated carbocycles. The largest absolute Gasteiger partial charge is 0.496 e. The van der Waals surface area contributed by atoms with E-state index in [1.165, 1.54) is 0 Å². The Morgan fingerprint density at radius 1 is 0.778 bits per heavy atom. The van der Waals surface area contributed by atoms with Gasteiger partial charge in [-0.05, 0) is 24.1 Å². The fraction of sp³-hybridized carbons (Fsp3) is 0.350. The molecule has 27 heavy (non-hydrogen) atoms. The molecular formula is C20H26N2O5. The van der Waals surface area contributed by atoms with E-state index in [1.807, 2.05) is 30.3 Å². The first-order valence-electron chi connectivity index (χ1n) is 8.55. The number of methoxy groups -OCH3 is 4. The van der Waals surface area contributed by atoms with Gasteiger partial charge in [0, 0.05) is 24.7 Å². The Bertz CT molecular complexity index is 764. The maximum Gasteiger partial charge on any atom is 0.315 e. The van der Waals surface area contributed by atoms with E-state index in [0.29, 0.717) is 36.8 Å². The molecule has 0 aromatic heterocycles. The van der Waals surface area contributed by atoms with Gasteiger partial charge in [0.15, 0.2) is 11.5 Å². The molecule has 0 saturated heterocycles. The summed E-state index contributed by atoms with van der Waals surface area (Å²) < 4.78 is 21.3. The smallest absolute Gasteiger partial charge is 0.315 e. The Hall–Kier alpha value is -3.09. The van der Waals surface area contributed by atoms with Gasteiger partial charge >= 0.3 is 6.03 Å². The number of urea groups is 1. The van der Waals surface area contributed by atoms with Gasteiger partial charge in [0.05, 0.1) is 28.4 Å². The summed E-state index contributed by atoms with van der Waals surface area (Å²) in [5.74, 6) is 2.64. The molecule has 0 atom stereocenters. The van der Waals surface area contributed by atoms with E-state index in [4.69, 9.17) is 18.9 Å². The second kappa shape index (κ2) is 10.2. The molecule has 2 amide bonds. The van der Waals surface area contributed by atoms with Crippen molar-refractivity contribution >= 4 is 6.03 Å². The van der Waals surface area contributed by atoms with Crippen LogP contribution in [-0.2, 0) is 13.0 Å². The third-order valence-electron chi connectivity index (χ3n) is 4.10. The van der Waals surface area contributed by atoms with Gasteiger partial charge in [-0.3, -0.25) is 0 Å². The van der Waals surface area contributed by atoms with Crippen molar-refractivity contribution in [3.05, 3.63) is 47.5 Å². The van der Waals surface area contributed by atoms with Gasteiger partial charge in [-0.25, -0.2) is 4.79 Å². The molecule has 0 unspecified atom stereocenters. The van der Waals surface area contributed by atoms with Crippen molar-refractivity contribution in [2.24, 2.45) is 0 Å². The van der Waals surface area contributed by atoms with Crippen molar-refractivity contribution in [1.29, 1.82) is 0 Å². The number of para-hydroxylation sites is 1. The second-order valence-corrected chi connectivity index (χ2v) is 5.69. The molecule has 2 aromatic rings. The fourth-order valence-corrected chi connectivity index (χ4v) is 2.69. The average molecular weight is 374 g/mol. The quantitative estimate of drug-likeness (QED) is 0.706. The van der Waals surface area contributed by atoms with Crippen molar-refractivity contribution in [2.75, 3.05) is 35.0 Å². The van der Waals surface area contributed by atoms with Crippen molar-refractivity contribution in [3.63, 3.8) is 0 Å². The van der Waals surface area contributed by atoms with E-state index in [2.05, 4.69) is 10.6 Å². The number of carbonyl (C=O) groups excluding carboxylic acids is 1. The SMILES string of the molecule is COc1cc(OC)c(OC)cc1CCNC(=O)NCc1ccccc1OC. The van der Waals surface area contributed by atoms with Crippen molar-refractivity contribution < 1.29 is 23.7 Å². The number of carbonyl (C=O) groups is 1. The molecule has 7 nitrogen and oxygen atoms in total. The monoisotopic (exact) mass is 374 g/mol. The highest BCUT2D eigenvalue weighted by Crippen LogP contribution is 2.34. The zero-order chi connectivity index (χ0) is 19.6. The first kappa shape index (κ1) is 20.2. The third kappa shape index (κ3) is 5.44. The number of nitrogens with one attached hydrogen (secondary N) is 2. The van der Waals surface area contributed by atoms with Crippen LogP contribution in [0.25, 0.3) is 0 Å². The van der Waals surface area contributed by atoms with Gasteiger partial charge in [0.2, 0.25) is 0 Å². The van der Waals surface area contributed by atoms with Gasteiger partial charge in [-0.1, -0.05) is 18.2 Å². The maximum absolute atomic E-state index is 12.0. The molecule has 0 fully saturated rings. The third-order valence-corrected chi connectivity index (χ3v) is 4.10. The summed E-state index contributed by atoms with van der Waals surface area (Å²) in [5, 5.41) is 5.66. The van der Waals surface area contributed by atoms with Crippen LogP contribution in [0.3, 0.4) is 0 Å². The van der Waals surface area contributed by atoms with Gasteiger partial charge in [-0.15, -0.1) is 0 Å². The predicted octanol–water partition coefficient (Wildman–Crippen LogP) is 2.76. The van der Waals surface area contributed by atoms with Crippen molar-refractivity contribution in [2.45, 2.75) is 13.0 Å². The zero-order valence-electron chi connectivity index (χ0n) is 16.1. The summed E-state index contributed by atoms with van der Waals surface area (Å²) in [6.45, 7) is 0.832. The molecule has 0 heterocycles. The van der Waals surface area contributed by atoms with Crippen molar-refractivity contribution in [1.82, 2.24) is 10.6 Å². The maximum atomic E-state index is 12.0. The molecular weight excluding hydrogens is 348 g/mol. The fourth-order valence-electron chi connectivity index (χ4n) is 2.69. The van der Waals surface area contributed by atoms with Crippen molar-refractivity contribution in [3.8, 4) is 23.0 Å². The molecule has 7 heteroatoms. The van der Waals surface area contributed by atoms with Crippen LogP contribution in [0.15, 0.2) is 36.4 Å². The first-order chi connectivity index (χ1) is 13.1. The van der Waals surface area contributed by atoms with Gasteiger partial charge < -0.3 is 29.6 Å². The molecule has 0 radical (unpaired) electrons. The Labute approximate surface area is 159 Å². The summed E-state index contributed by atoms with van der Waals surface area (Å²) in [7, 11) is 6.36. The van der Waals surface area contributed by atoms with Gasteiger partial charge in [-0.2, -0.15) is 0 Å². The molecule has 0 aliphatic rings. The summed E-state index contributed by atoms with van der Waals surface area (Å²) in [4.78, 5) is 12.0. The molecule has 146 valence electrons. The zero-order valence-corrected chi connectivity index (χ0v) is 16.1. The summed E-state index contributed by atoms with van der Waals surface area (Å²) in [5.41, 5.74) is 1.83. The van der Waals surface area contributed by atoms with Crippen LogP contribution >= 0.6 is 0 Å². The minimum atomic E-state index is -0.250. The molecule has 2 aromatic carbocycles. The standard InChI is InChI=1S/C20H26N2O5/c1-24-16-8-6-5-7-15(16)13-22-20(23)21-10-9-14-11-18(26-3)19(27-4)12-17(14)25-2/h5-8,11-12H,9-10,13H2,1-4H3,(H2,21,22,23). The highest BCUT2D eigenvalue weighted by Gasteiger charge is 2.12. The van der Waals surface area contributed by atoms with Gasteiger partial charge in [0.25, 0.3) is 0 Å². The predicted molar refractivity (Wildman–Crippen MR) is 103 cm³/mol. The van der Waals surface area contributed by atoms with Crippen LogP contribution in [0.4, 0.5) is 4.79 Å². The van der Waals surface area contributed by atoms with Crippen LogP contribution in [0.2, 0.25) is 0 Å². The number of rotatable bonds is 9. The number of ether oxygens (including phenoxy) is 4. The van der Waals surface area contributed by atoms with E-state index in [0.717, 1.165) is 16.9 Å². The topological polar surface area (TPSA) is 78.0 Å². The van der Waals surface area contributed by atoms with E-state index in [-0.39, 0.29) is 6.03 Å². The van der Waals surface area contributed by atoms with Crippen LogP contribution in [0, 0.1) is 0 Å². The number of benzene rings is 2. The Balaban J connectivity index is 1.89. The van der Waals surface area contributed by atoms with Gasteiger partial charge in [0.1, 0.15) is 11.5 Å². The number of amides is 2.